The predicted molar refractivity (Wildman–Crippen MR) is 118 cm³/mol. The molecule has 0 aliphatic heterocycles. The molecule has 1 aliphatic rings. The minimum absolute atomic E-state index is 0.0618. The Morgan fingerprint density at radius 3 is 2.31 bits per heavy atom. The number of nitrogen functional groups attached to an aromatic ring is 1. The van der Waals surface area contributed by atoms with Gasteiger partial charge in [-0.3, -0.25) is 4.40 Å². The van der Waals surface area contributed by atoms with Crippen LogP contribution in [0, 0.1) is 0 Å². The fraction of sp³-hybridized carbons (Fsp3) is 0.280. The molecule has 1 aliphatic carbocycles. The number of nitrogens with two attached hydrogens (primary N) is 1. The highest BCUT2D eigenvalue weighted by molar-refractivity contribution is 5.85. The van der Waals surface area contributed by atoms with Crippen molar-refractivity contribution in [2.24, 2.45) is 0 Å². The summed E-state index contributed by atoms with van der Waals surface area (Å²) in [5.74, 6) is 2.17. The Hall–Kier alpha value is -3.14. The molecule has 2 N–H and O–H groups in total. The van der Waals surface area contributed by atoms with Gasteiger partial charge in [-0.1, -0.05) is 74.9 Å². The molecule has 0 radical (unpaired) electrons. The van der Waals surface area contributed by atoms with Crippen LogP contribution in [0.15, 0.2) is 67.0 Å². The molecule has 0 saturated heterocycles. The lowest BCUT2D eigenvalue weighted by atomic mass is 9.78. The molecule has 2 aromatic carbocycles. The molecule has 0 atom stereocenters. The van der Waals surface area contributed by atoms with E-state index in [1.54, 1.807) is 6.20 Å². The normalized spacial score (nSPS) is 14.8. The lowest BCUT2D eigenvalue weighted by Crippen LogP contribution is -2.18. The molecule has 0 unspecified atom stereocenters. The number of rotatable bonds is 4. The summed E-state index contributed by atoms with van der Waals surface area (Å²) in [4.78, 5) is 9.36. The predicted octanol–water partition coefficient (Wildman–Crippen LogP) is 5.57. The van der Waals surface area contributed by atoms with Crippen LogP contribution in [0.4, 0.5) is 5.82 Å². The summed E-state index contributed by atoms with van der Waals surface area (Å²) in [7, 11) is 0. The highest BCUT2D eigenvalue weighted by Gasteiger charge is 2.27. The topological polar surface area (TPSA) is 56.2 Å². The molecule has 1 saturated carbocycles. The molecule has 146 valence electrons. The van der Waals surface area contributed by atoms with Crippen molar-refractivity contribution in [3.05, 3.63) is 83.9 Å². The third-order valence-corrected chi connectivity index (χ3v) is 6.46. The summed E-state index contributed by atoms with van der Waals surface area (Å²) in [5, 5.41) is 0. The number of hydrogen-bond donors (Lipinski definition) is 1. The number of benzene rings is 2. The van der Waals surface area contributed by atoms with Gasteiger partial charge in [-0.15, -0.1) is 0 Å². The van der Waals surface area contributed by atoms with E-state index in [-0.39, 0.29) is 5.41 Å². The lowest BCUT2D eigenvalue weighted by Gasteiger charge is -2.26. The van der Waals surface area contributed by atoms with Crippen LogP contribution in [0.2, 0.25) is 0 Å². The number of anilines is 1. The zero-order chi connectivity index (χ0) is 20.0. The van der Waals surface area contributed by atoms with Crippen LogP contribution in [-0.2, 0) is 5.41 Å². The van der Waals surface area contributed by atoms with Crippen molar-refractivity contribution in [3.63, 3.8) is 0 Å². The van der Waals surface area contributed by atoms with Crippen molar-refractivity contribution in [1.29, 1.82) is 0 Å². The van der Waals surface area contributed by atoms with Gasteiger partial charge in [0.25, 0.3) is 0 Å². The summed E-state index contributed by atoms with van der Waals surface area (Å²) in [6.45, 7) is 4.53. The maximum absolute atomic E-state index is 6.27. The van der Waals surface area contributed by atoms with Gasteiger partial charge in [0.1, 0.15) is 22.9 Å². The van der Waals surface area contributed by atoms with E-state index in [9.17, 15) is 0 Å². The van der Waals surface area contributed by atoms with Crippen molar-refractivity contribution in [3.8, 4) is 11.3 Å². The van der Waals surface area contributed by atoms with Gasteiger partial charge < -0.3 is 5.73 Å². The minimum atomic E-state index is -0.0618. The third-order valence-electron chi connectivity index (χ3n) is 6.46. The van der Waals surface area contributed by atoms with E-state index in [1.165, 1.54) is 30.4 Å². The molecular formula is C25H26N4. The molecule has 29 heavy (non-hydrogen) atoms. The van der Waals surface area contributed by atoms with Crippen LogP contribution in [0.1, 0.15) is 56.0 Å². The van der Waals surface area contributed by atoms with E-state index in [2.05, 4.69) is 77.8 Å². The lowest BCUT2D eigenvalue weighted by molar-refractivity contribution is 0.400. The Morgan fingerprint density at radius 2 is 1.66 bits per heavy atom. The van der Waals surface area contributed by atoms with Crippen LogP contribution in [0.5, 0.6) is 0 Å². The van der Waals surface area contributed by atoms with Crippen molar-refractivity contribution >= 4 is 11.3 Å². The molecule has 0 amide bonds. The minimum Gasteiger partial charge on any atom is -0.382 e. The summed E-state index contributed by atoms with van der Waals surface area (Å²) in [6.07, 6.45) is 7.43. The molecule has 2 heterocycles. The first-order chi connectivity index (χ1) is 14.1. The van der Waals surface area contributed by atoms with Crippen molar-refractivity contribution < 1.29 is 0 Å². The Morgan fingerprint density at radius 1 is 0.966 bits per heavy atom. The molecule has 1 fully saturated rings. The highest BCUT2D eigenvalue weighted by Crippen LogP contribution is 2.39. The van der Waals surface area contributed by atoms with E-state index >= 15 is 0 Å². The van der Waals surface area contributed by atoms with Crippen LogP contribution in [-0.4, -0.2) is 14.4 Å². The van der Waals surface area contributed by atoms with Crippen LogP contribution < -0.4 is 5.73 Å². The van der Waals surface area contributed by atoms with Gasteiger partial charge in [-0.25, -0.2) is 9.97 Å². The Labute approximate surface area is 171 Å². The molecule has 0 spiro atoms. The fourth-order valence-electron chi connectivity index (χ4n) is 4.31. The van der Waals surface area contributed by atoms with Crippen molar-refractivity contribution in [1.82, 2.24) is 14.4 Å². The average Bonchev–Trinajstić information content (AvgIpc) is 3.08. The van der Waals surface area contributed by atoms with Gasteiger partial charge >= 0.3 is 0 Å². The average molecular weight is 383 g/mol. The van der Waals surface area contributed by atoms with E-state index in [0.717, 1.165) is 22.6 Å². The molecule has 4 aromatic rings. The smallest absolute Gasteiger partial charge is 0.150 e. The summed E-state index contributed by atoms with van der Waals surface area (Å²) < 4.78 is 2.14. The highest BCUT2D eigenvalue weighted by atomic mass is 15.1. The Kier molecular flexibility index (Phi) is 4.16. The molecule has 5 rings (SSSR count). The van der Waals surface area contributed by atoms with Gasteiger partial charge in [-0.05, 0) is 24.0 Å². The Balaban J connectivity index is 1.58. The van der Waals surface area contributed by atoms with E-state index in [4.69, 9.17) is 10.7 Å². The summed E-state index contributed by atoms with van der Waals surface area (Å²) >= 11 is 0. The van der Waals surface area contributed by atoms with Gasteiger partial charge in [0.15, 0.2) is 0 Å². The SMILES string of the molecule is CC(C)(c1ccccc1)c1ccc(-c2nc(C3CCC3)n3ccnc(N)c23)cc1. The number of fused-ring (bicyclic) bond motifs is 1. The molecular weight excluding hydrogens is 356 g/mol. The van der Waals surface area contributed by atoms with Gasteiger partial charge in [0, 0.05) is 29.3 Å². The first-order valence-electron chi connectivity index (χ1n) is 10.3. The van der Waals surface area contributed by atoms with Gasteiger partial charge in [0.2, 0.25) is 0 Å². The third kappa shape index (κ3) is 2.91. The van der Waals surface area contributed by atoms with Crippen LogP contribution in [0.25, 0.3) is 16.8 Å². The second-order valence-electron chi connectivity index (χ2n) is 8.55. The Bertz CT molecular complexity index is 1150. The summed E-state index contributed by atoms with van der Waals surface area (Å²) in [6, 6.07) is 19.4. The van der Waals surface area contributed by atoms with Crippen molar-refractivity contribution in [2.75, 3.05) is 5.73 Å². The van der Waals surface area contributed by atoms with Crippen LogP contribution in [0.3, 0.4) is 0 Å². The van der Waals surface area contributed by atoms with E-state index < -0.39 is 0 Å². The zero-order valence-electron chi connectivity index (χ0n) is 17.0. The first kappa shape index (κ1) is 17.9. The van der Waals surface area contributed by atoms with Crippen molar-refractivity contribution in [2.45, 2.75) is 44.4 Å². The maximum atomic E-state index is 6.27. The summed E-state index contributed by atoms with van der Waals surface area (Å²) in [5.41, 5.74) is 11.7. The second-order valence-corrected chi connectivity index (χ2v) is 8.55. The van der Waals surface area contributed by atoms with Gasteiger partial charge in [0.05, 0.1) is 0 Å². The molecule has 0 bridgehead atoms. The van der Waals surface area contributed by atoms with Crippen LogP contribution >= 0.6 is 0 Å². The molecule has 2 aromatic heterocycles. The molecule has 4 nitrogen and oxygen atoms in total. The monoisotopic (exact) mass is 382 g/mol. The number of imidazole rings is 1. The number of hydrogen-bond acceptors (Lipinski definition) is 3. The van der Waals surface area contributed by atoms with Gasteiger partial charge in [-0.2, -0.15) is 0 Å². The standard InChI is InChI=1S/C25H26N4/c1-25(2,19-9-4-3-5-10-19)20-13-11-17(12-14-20)21-22-23(26)27-15-16-29(22)24(28-21)18-7-6-8-18/h3-5,9-16,18H,6-8H2,1-2H3,(H2,26,27). The largest absolute Gasteiger partial charge is 0.382 e. The number of aromatic nitrogens is 3. The first-order valence-corrected chi connectivity index (χ1v) is 10.3. The maximum Gasteiger partial charge on any atom is 0.150 e. The van der Waals surface area contributed by atoms with E-state index in [0.29, 0.717) is 11.7 Å². The fourth-order valence-corrected chi connectivity index (χ4v) is 4.31. The number of nitrogens with zero attached hydrogens (tertiary/aromatic N) is 3. The second kappa shape index (κ2) is 6.73. The molecule has 4 heteroatoms. The van der Waals surface area contributed by atoms with E-state index in [1.807, 2.05) is 6.20 Å². The quantitative estimate of drug-likeness (QED) is 0.502. The zero-order valence-corrected chi connectivity index (χ0v) is 17.0.